The Kier molecular flexibility index (Phi) is 2.42. The molecular formula is C9H6FIOS. The van der Waals surface area contributed by atoms with Crippen molar-refractivity contribution >= 4 is 44.0 Å². The van der Waals surface area contributed by atoms with Crippen LogP contribution in [0.2, 0.25) is 0 Å². The third kappa shape index (κ3) is 1.42. The number of benzene rings is 1. The minimum atomic E-state index is -0.169. The van der Waals surface area contributed by atoms with E-state index in [1.165, 1.54) is 17.4 Å². The fourth-order valence-corrected chi connectivity index (χ4v) is 2.97. The van der Waals surface area contributed by atoms with Gasteiger partial charge in [0.2, 0.25) is 0 Å². The molecule has 1 nitrogen and oxygen atoms in total. The number of hydrogen-bond donors (Lipinski definition) is 0. The first-order valence-electron chi connectivity index (χ1n) is 3.63. The van der Waals surface area contributed by atoms with Crippen LogP contribution in [0.4, 0.5) is 4.39 Å². The number of methoxy groups -OCH3 is 1. The Morgan fingerprint density at radius 2 is 2.23 bits per heavy atom. The van der Waals surface area contributed by atoms with Crippen LogP contribution in [-0.4, -0.2) is 7.11 Å². The molecule has 0 saturated carbocycles. The minimum Gasteiger partial charge on any atom is -0.495 e. The van der Waals surface area contributed by atoms with Gasteiger partial charge in [-0.25, -0.2) is 4.39 Å². The molecule has 0 spiro atoms. The summed E-state index contributed by atoms with van der Waals surface area (Å²) in [5, 5.41) is 2.88. The second-order valence-corrected chi connectivity index (χ2v) is 4.50. The normalized spacial score (nSPS) is 10.7. The van der Waals surface area contributed by atoms with Crippen LogP contribution in [0, 0.1) is 9.39 Å². The van der Waals surface area contributed by atoms with E-state index in [1.54, 1.807) is 13.2 Å². The van der Waals surface area contributed by atoms with Crippen molar-refractivity contribution < 1.29 is 9.13 Å². The van der Waals surface area contributed by atoms with E-state index in [0.717, 1.165) is 15.8 Å². The molecule has 0 atom stereocenters. The number of fused-ring (bicyclic) bond motifs is 1. The van der Waals surface area contributed by atoms with Gasteiger partial charge in [-0.15, -0.1) is 11.3 Å². The van der Waals surface area contributed by atoms with E-state index in [2.05, 4.69) is 0 Å². The topological polar surface area (TPSA) is 9.23 Å². The van der Waals surface area contributed by atoms with E-state index in [1.807, 2.05) is 28.0 Å². The summed E-state index contributed by atoms with van der Waals surface area (Å²) in [6.07, 6.45) is 0. The van der Waals surface area contributed by atoms with E-state index < -0.39 is 0 Å². The van der Waals surface area contributed by atoms with Gasteiger partial charge >= 0.3 is 0 Å². The molecule has 2 rings (SSSR count). The lowest BCUT2D eigenvalue weighted by atomic mass is 10.2. The SMILES string of the molecule is COc1csc2c(I)c(F)ccc12. The summed E-state index contributed by atoms with van der Waals surface area (Å²) in [7, 11) is 1.62. The Balaban J connectivity index is 2.81. The molecule has 0 radical (unpaired) electrons. The van der Waals surface area contributed by atoms with E-state index in [4.69, 9.17) is 4.74 Å². The third-order valence-corrected chi connectivity index (χ3v) is 4.23. The zero-order valence-corrected chi connectivity index (χ0v) is 9.78. The van der Waals surface area contributed by atoms with Crippen molar-refractivity contribution in [2.24, 2.45) is 0 Å². The molecule has 0 aliphatic heterocycles. The van der Waals surface area contributed by atoms with Crippen LogP contribution in [0.15, 0.2) is 17.5 Å². The number of rotatable bonds is 1. The van der Waals surface area contributed by atoms with Gasteiger partial charge in [-0.2, -0.15) is 0 Å². The largest absolute Gasteiger partial charge is 0.495 e. The first-order valence-corrected chi connectivity index (χ1v) is 5.59. The highest BCUT2D eigenvalue weighted by atomic mass is 127. The van der Waals surface area contributed by atoms with Gasteiger partial charge in [0.25, 0.3) is 0 Å². The molecule has 4 heteroatoms. The monoisotopic (exact) mass is 308 g/mol. The molecule has 0 unspecified atom stereocenters. The van der Waals surface area contributed by atoms with Crippen LogP contribution in [0.5, 0.6) is 5.75 Å². The van der Waals surface area contributed by atoms with Gasteiger partial charge in [0, 0.05) is 10.8 Å². The van der Waals surface area contributed by atoms with Gasteiger partial charge in [-0.3, -0.25) is 0 Å². The highest BCUT2D eigenvalue weighted by molar-refractivity contribution is 14.1. The van der Waals surface area contributed by atoms with Crippen LogP contribution in [-0.2, 0) is 0 Å². The summed E-state index contributed by atoms with van der Waals surface area (Å²) in [5.41, 5.74) is 0. The van der Waals surface area contributed by atoms with Crippen LogP contribution in [0.3, 0.4) is 0 Å². The summed E-state index contributed by atoms with van der Waals surface area (Å²) >= 11 is 3.52. The Morgan fingerprint density at radius 3 is 2.92 bits per heavy atom. The molecule has 0 amide bonds. The standard InChI is InChI=1S/C9H6FIOS/c1-12-7-4-13-9-5(7)2-3-6(10)8(9)11/h2-4H,1H3. The van der Waals surface area contributed by atoms with Gasteiger partial charge in [0.1, 0.15) is 11.6 Å². The van der Waals surface area contributed by atoms with E-state index in [9.17, 15) is 4.39 Å². The third-order valence-electron chi connectivity index (χ3n) is 1.82. The second-order valence-electron chi connectivity index (χ2n) is 2.54. The van der Waals surface area contributed by atoms with Crippen molar-refractivity contribution in [1.29, 1.82) is 0 Å². The highest BCUT2D eigenvalue weighted by Crippen LogP contribution is 2.35. The van der Waals surface area contributed by atoms with E-state index >= 15 is 0 Å². The summed E-state index contributed by atoms with van der Waals surface area (Å²) in [5.74, 6) is 0.649. The number of hydrogen-bond acceptors (Lipinski definition) is 2. The summed E-state index contributed by atoms with van der Waals surface area (Å²) in [6, 6.07) is 3.22. The van der Waals surface area contributed by atoms with E-state index in [-0.39, 0.29) is 5.82 Å². The van der Waals surface area contributed by atoms with E-state index in [0.29, 0.717) is 3.57 Å². The molecule has 0 aliphatic rings. The Morgan fingerprint density at radius 1 is 1.46 bits per heavy atom. The number of ether oxygens (including phenoxy) is 1. The van der Waals surface area contributed by atoms with Crippen molar-refractivity contribution in [3.05, 3.63) is 26.9 Å². The molecule has 1 aromatic carbocycles. The lowest BCUT2D eigenvalue weighted by molar-refractivity contribution is 0.421. The highest BCUT2D eigenvalue weighted by Gasteiger charge is 2.09. The fourth-order valence-electron chi connectivity index (χ4n) is 1.18. The predicted molar refractivity (Wildman–Crippen MR) is 61.1 cm³/mol. The van der Waals surface area contributed by atoms with Crippen LogP contribution in [0.25, 0.3) is 10.1 Å². The second kappa shape index (κ2) is 3.42. The molecule has 0 bridgehead atoms. The summed E-state index contributed by atoms with van der Waals surface area (Å²) in [6.45, 7) is 0. The van der Waals surface area contributed by atoms with Gasteiger partial charge in [-0.1, -0.05) is 0 Å². The van der Waals surface area contributed by atoms with Crippen molar-refractivity contribution in [3.63, 3.8) is 0 Å². The van der Waals surface area contributed by atoms with Gasteiger partial charge < -0.3 is 4.74 Å². The molecule has 1 heterocycles. The lowest BCUT2D eigenvalue weighted by Gasteiger charge is -1.98. The first kappa shape index (κ1) is 9.21. The molecule has 0 saturated heterocycles. The zero-order chi connectivity index (χ0) is 9.42. The maximum absolute atomic E-state index is 13.1. The van der Waals surface area contributed by atoms with Crippen LogP contribution in [0.1, 0.15) is 0 Å². The fraction of sp³-hybridized carbons (Fsp3) is 0.111. The summed E-state index contributed by atoms with van der Waals surface area (Å²) < 4.78 is 19.9. The van der Waals surface area contributed by atoms with Crippen molar-refractivity contribution in [1.82, 2.24) is 0 Å². The predicted octanol–water partition coefficient (Wildman–Crippen LogP) is 3.65. The molecule has 2 aromatic rings. The van der Waals surface area contributed by atoms with Gasteiger partial charge in [0.15, 0.2) is 0 Å². The van der Waals surface area contributed by atoms with Crippen molar-refractivity contribution in [2.45, 2.75) is 0 Å². The molecule has 0 aliphatic carbocycles. The Hall–Kier alpha value is -0.360. The Bertz CT molecular complexity index is 452. The molecule has 1 aromatic heterocycles. The van der Waals surface area contributed by atoms with Crippen LogP contribution >= 0.6 is 33.9 Å². The molecule has 0 fully saturated rings. The minimum absolute atomic E-state index is 0.169. The smallest absolute Gasteiger partial charge is 0.138 e. The maximum atomic E-state index is 13.1. The van der Waals surface area contributed by atoms with Gasteiger partial charge in [0.05, 0.1) is 15.4 Å². The molecular weight excluding hydrogens is 302 g/mol. The average molecular weight is 308 g/mol. The number of halogens is 2. The maximum Gasteiger partial charge on any atom is 0.138 e. The molecule has 13 heavy (non-hydrogen) atoms. The first-order chi connectivity index (χ1) is 6.24. The van der Waals surface area contributed by atoms with Crippen molar-refractivity contribution in [3.8, 4) is 5.75 Å². The van der Waals surface area contributed by atoms with Crippen molar-refractivity contribution in [2.75, 3.05) is 7.11 Å². The van der Waals surface area contributed by atoms with Crippen LogP contribution < -0.4 is 4.74 Å². The molecule has 0 N–H and O–H groups in total. The average Bonchev–Trinajstić information content (AvgIpc) is 2.55. The number of thiophene rings is 1. The quantitative estimate of drug-likeness (QED) is 0.731. The lowest BCUT2D eigenvalue weighted by Crippen LogP contribution is -1.82. The summed E-state index contributed by atoms with van der Waals surface area (Å²) in [4.78, 5) is 0. The Labute approximate surface area is 92.7 Å². The molecule has 68 valence electrons. The van der Waals surface area contributed by atoms with Gasteiger partial charge in [-0.05, 0) is 34.7 Å². The zero-order valence-electron chi connectivity index (χ0n) is 6.80.